The Morgan fingerprint density at radius 2 is 1.88 bits per heavy atom. The van der Waals surface area contributed by atoms with Gasteiger partial charge in [0.1, 0.15) is 5.82 Å². The fraction of sp³-hybridized carbons (Fsp3) is 0.500. The molecule has 0 saturated carbocycles. The van der Waals surface area contributed by atoms with Gasteiger partial charge in [0.15, 0.2) is 0 Å². The molecule has 0 aliphatic heterocycles. The third-order valence-corrected chi connectivity index (χ3v) is 3.89. The predicted molar refractivity (Wildman–Crippen MR) is 66.8 cm³/mol. The molecule has 96 valence electrons. The Labute approximate surface area is 102 Å². The first kappa shape index (κ1) is 14.1. The molecule has 3 nitrogen and oxygen atoms in total. The van der Waals surface area contributed by atoms with Crippen LogP contribution in [0.4, 0.5) is 4.39 Å². The van der Waals surface area contributed by atoms with Gasteiger partial charge in [-0.1, -0.05) is 25.5 Å². The van der Waals surface area contributed by atoms with Crippen molar-refractivity contribution in [1.82, 2.24) is 4.72 Å². The van der Waals surface area contributed by atoms with E-state index in [1.807, 2.05) is 6.92 Å². The summed E-state index contributed by atoms with van der Waals surface area (Å²) in [5.74, 6) is -0.107. The van der Waals surface area contributed by atoms with Crippen molar-refractivity contribution in [3.63, 3.8) is 0 Å². The van der Waals surface area contributed by atoms with Crippen molar-refractivity contribution in [3.05, 3.63) is 35.6 Å². The minimum Gasteiger partial charge on any atom is -0.215 e. The number of halogens is 1. The molecule has 0 fully saturated rings. The van der Waals surface area contributed by atoms with Gasteiger partial charge in [-0.05, 0) is 30.5 Å². The molecular weight excluding hydrogens is 241 g/mol. The number of hydrogen-bond acceptors (Lipinski definition) is 2. The highest BCUT2D eigenvalue weighted by Gasteiger charge is 2.07. The van der Waals surface area contributed by atoms with Gasteiger partial charge < -0.3 is 0 Å². The number of benzene rings is 1. The average molecular weight is 259 g/mol. The minimum absolute atomic E-state index is 0.174. The monoisotopic (exact) mass is 259 g/mol. The maximum atomic E-state index is 12.6. The molecule has 1 aromatic rings. The number of hydrogen-bond donors (Lipinski definition) is 1. The molecular formula is C12H18FNO2S. The van der Waals surface area contributed by atoms with Crippen LogP contribution in [0, 0.1) is 5.82 Å². The van der Waals surface area contributed by atoms with Gasteiger partial charge in [0.25, 0.3) is 0 Å². The molecule has 0 heterocycles. The van der Waals surface area contributed by atoms with Crippen molar-refractivity contribution in [2.24, 2.45) is 0 Å². The van der Waals surface area contributed by atoms with Crippen LogP contribution in [-0.4, -0.2) is 20.7 Å². The predicted octanol–water partition coefficient (Wildman–Crippen LogP) is 2.09. The molecule has 0 atom stereocenters. The van der Waals surface area contributed by atoms with E-state index in [-0.39, 0.29) is 11.6 Å². The summed E-state index contributed by atoms with van der Waals surface area (Å²) in [7, 11) is -3.15. The van der Waals surface area contributed by atoms with Gasteiger partial charge in [0.2, 0.25) is 10.0 Å². The zero-order chi connectivity index (χ0) is 12.7. The van der Waals surface area contributed by atoms with Crippen molar-refractivity contribution < 1.29 is 12.8 Å². The van der Waals surface area contributed by atoms with E-state index in [9.17, 15) is 12.8 Å². The van der Waals surface area contributed by atoms with Gasteiger partial charge in [-0.25, -0.2) is 17.5 Å². The summed E-state index contributed by atoms with van der Waals surface area (Å²) in [6, 6.07) is 6.08. The first-order valence-electron chi connectivity index (χ1n) is 5.75. The zero-order valence-corrected chi connectivity index (χ0v) is 10.8. The number of nitrogens with one attached hydrogen (secondary N) is 1. The van der Waals surface area contributed by atoms with Crippen LogP contribution < -0.4 is 4.72 Å². The highest BCUT2D eigenvalue weighted by molar-refractivity contribution is 7.89. The molecule has 1 aromatic carbocycles. The van der Waals surface area contributed by atoms with E-state index in [1.165, 1.54) is 12.1 Å². The van der Waals surface area contributed by atoms with Crippen molar-refractivity contribution in [2.75, 3.05) is 12.3 Å². The Morgan fingerprint density at radius 1 is 1.24 bits per heavy atom. The molecule has 0 bridgehead atoms. The largest absolute Gasteiger partial charge is 0.215 e. The second-order valence-electron chi connectivity index (χ2n) is 3.94. The molecule has 17 heavy (non-hydrogen) atoms. The van der Waals surface area contributed by atoms with E-state index in [4.69, 9.17) is 0 Å². The first-order valence-corrected chi connectivity index (χ1v) is 7.40. The molecule has 0 aromatic heterocycles. The van der Waals surface area contributed by atoms with Crippen molar-refractivity contribution >= 4 is 10.0 Å². The Balaban J connectivity index is 2.34. The lowest BCUT2D eigenvalue weighted by molar-refractivity contribution is 0.578. The highest BCUT2D eigenvalue weighted by atomic mass is 32.2. The van der Waals surface area contributed by atoms with Gasteiger partial charge in [-0.3, -0.25) is 0 Å². The lowest BCUT2D eigenvalue weighted by Gasteiger charge is -2.06. The fourth-order valence-electron chi connectivity index (χ4n) is 1.41. The van der Waals surface area contributed by atoms with Gasteiger partial charge in [0, 0.05) is 6.54 Å². The summed E-state index contributed by atoms with van der Waals surface area (Å²) in [5, 5.41) is 0. The number of sulfonamides is 1. The van der Waals surface area contributed by atoms with Crippen molar-refractivity contribution in [1.29, 1.82) is 0 Å². The maximum Gasteiger partial charge on any atom is 0.211 e. The summed E-state index contributed by atoms with van der Waals surface area (Å²) < 4.78 is 38.1. The van der Waals surface area contributed by atoms with Crippen LogP contribution in [0.3, 0.4) is 0 Å². The van der Waals surface area contributed by atoms with Crippen LogP contribution >= 0.6 is 0 Å². The van der Waals surface area contributed by atoms with E-state index in [1.54, 1.807) is 12.1 Å². The molecule has 0 aliphatic carbocycles. The van der Waals surface area contributed by atoms with E-state index in [2.05, 4.69) is 4.72 Å². The van der Waals surface area contributed by atoms with Gasteiger partial charge in [-0.2, -0.15) is 0 Å². The Bertz CT molecular complexity index is 428. The summed E-state index contributed by atoms with van der Waals surface area (Å²) in [4.78, 5) is 0. The van der Waals surface area contributed by atoms with Gasteiger partial charge >= 0.3 is 0 Å². The van der Waals surface area contributed by atoms with Gasteiger partial charge in [0.05, 0.1) is 5.75 Å². The van der Waals surface area contributed by atoms with Crippen molar-refractivity contribution in [2.45, 2.75) is 26.2 Å². The maximum absolute atomic E-state index is 12.6. The molecule has 0 aliphatic rings. The summed E-state index contributed by atoms with van der Waals surface area (Å²) in [6.07, 6.45) is 2.11. The standard InChI is InChI=1S/C12H18FNO2S/c1-2-3-10-17(15,16)14-9-8-11-4-6-12(13)7-5-11/h4-7,14H,2-3,8-10H2,1H3. The molecule has 5 heteroatoms. The first-order chi connectivity index (χ1) is 8.03. The number of unbranched alkanes of at least 4 members (excludes halogenated alkanes) is 1. The topological polar surface area (TPSA) is 46.2 Å². The zero-order valence-electron chi connectivity index (χ0n) is 9.95. The number of rotatable bonds is 7. The van der Waals surface area contributed by atoms with Crippen LogP contribution in [-0.2, 0) is 16.4 Å². The molecule has 1 rings (SSSR count). The van der Waals surface area contributed by atoms with E-state index < -0.39 is 10.0 Å². The summed E-state index contributed by atoms with van der Waals surface area (Å²) >= 11 is 0. The summed E-state index contributed by atoms with van der Waals surface area (Å²) in [6.45, 7) is 2.31. The normalized spacial score (nSPS) is 11.6. The quantitative estimate of drug-likeness (QED) is 0.815. The van der Waals surface area contributed by atoms with Crippen LogP contribution in [0.2, 0.25) is 0 Å². The van der Waals surface area contributed by atoms with E-state index in [0.717, 1.165) is 12.0 Å². The second kappa shape index (κ2) is 6.71. The summed E-state index contributed by atoms with van der Waals surface area (Å²) in [5.41, 5.74) is 0.921. The molecule has 1 N–H and O–H groups in total. The van der Waals surface area contributed by atoms with Crippen molar-refractivity contribution in [3.8, 4) is 0 Å². The van der Waals surface area contributed by atoms with Crippen LogP contribution in [0.1, 0.15) is 25.3 Å². The molecule has 0 radical (unpaired) electrons. The SMILES string of the molecule is CCCCS(=O)(=O)NCCc1ccc(F)cc1. The van der Waals surface area contributed by atoms with Crippen LogP contribution in [0.5, 0.6) is 0 Å². The molecule has 0 spiro atoms. The molecule has 0 unspecified atom stereocenters. The second-order valence-corrected chi connectivity index (χ2v) is 5.87. The van der Waals surface area contributed by atoms with Gasteiger partial charge in [-0.15, -0.1) is 0 Å². The Kier molecular flexibility index (Phi) is 5.58. The Morgan fingerprint density at radius 3 is 2.47 bits per heavy atom. The minimum atomic E-state index is -3.15. The lowest BCUT2D eigenvalue weighted by Crippen LogP contribution is -2.28. The highest BCUT2D eigenvalue weighted by Crippen LogP contribution is 2.03. The third kappa shape index (κ3) is 5.79. The molecule has 0 amide bonds. The smallest absolute Gasteiger partial charge is 0.211 e. The van der Waals surface area contributed by atoms with E-state index in [0.29, 0.717) is 19.4 Å². The average Bonchev–Trinajstić information content (AvgIpc) is 2.29. The Hall–Kier alpha value is -0.940. The fourth-order valence-corrected chi connectivity index (χ4v) is 2.63. The van der Waals surface area contributed by atoms with Crippen LogP contribution in [0.15, 0.2) is 24.3 Å². The lowest BCUT2D eigenvalue weighted by atomic mass is 10.1. The van der Waals surface area contributed by atoms with Crippen LogP contribution in [0.25, 0.3) is 0 Å². The van der Waals surface area contributed by atoms with E-state index >= 15 is 0 Å². The third-order valence-electron chi connectivity index (χ3n) is 2.42. The molecule has 0 saturated heterocycles.